The maximum Gasteiger partial charge on any atom is 0.407 e. The number of carbonyl (C=O) groups is 1. The second-order valence-corrected chi connectivity index (χ2v) is 7.31. The number of hydrogen-bond acceptors (Lipinski definition) is 5. The third-order valence-corrected chi connectivity index (χ3v) is 2.73. The Morgan fingerprint density at radius 2 is 1.87 bits per heavy atom. The van der Waals surface area contributed by atoms with Gasteiger partial charge in [-0.3, -0.25) is 0 Å². The molecule has 0 aliphatic heterocycles. The van der Waals surface area contributed by atoms with Gasteiger partial charge in [-0.15, -0.1) is 5.10 Å². The van der Waals surface area contributed by atoms with Crippen LogP contribution in [-0.2, 0) is 16.8 Å². The summed E-state index contributed by atoms with van der Waals surface area (Å²) in [6, 6.07) is 0. The number of ether oxygens (including phenoxy) is 1. The van der Waals surface area contributed by atoms with E-state index in [1.807, 2.05) is 43.8 Å². The maximum atomic E-state index is 11.4. The summed E-state index contributed by atoms with van der Waals surface area (Å²) < 4.78 is 6.99. The van der Waals surface area contributed by atoms with Crippen LogP contribution in [0.4, 0.5) is 4.79 Å². The summed E-state index contributed by atoms with van der Waals surface area (Å²) >= 11 is 0. The first kappa shape index (κ1) is 19.2. The Morgan fingerprint density at radius 1 is 1.22 bits per heavy atom. The van der Waals surface area contributed by atoms with Gasteiger partial charge in [0.2, 0.25) is 0 Å². The van der Waals surface area contributed by atoms with Crippen molar-refractivity contribution in [2.45, 2.75) is 59.2 Å². The average molecular weight is 323 g/mol. The normalized spacial score (nSPS) is 12.6. The fraction of sp³-hybridized carbons (Fsp3) is 0.688. The number of carbonyl (C=O) groups excluding carboxylic acids is 1. The van der Waals surface area contributed by atoms with Gasteiger partial charge < -0.3 is 15.4 Å². The molecule has 0 aliphatic carbocycles. The van der Waals surface area contributed by atoms with E-state index in [-0.39, 0.29) is 5.54 Å². The third-order valence-electron chi connectivity index (χ3n) is 2.73. The van der Waals surface area contributed by atoms with E-state index in [1.165, 1.54) is 0 Å². The van der Waals surface area contributed by atoms with Gasteiger partial charge in [0, 0.05) is 19.6 Å². The van der Waals surface area contributed by atoms with Crippen molar-refractivity contribution in [3.63, 3.8) is 0 Å². The van der Waals surface area contributed by atoms with E-state index in [2.05, 4.69) is 41.7 Å². The molecule has 0 aliphatic rings. The Labute approximate surface area is 138 Å². The van der Waals surface area contributed by atoms with E-state index in [4.69, 9.17) is 4.74 Å². The maximum absolute atomic E-state index is 11.4. The Balaban J connectivity index is 2.18. The number of aromatic nitrogens is 3. The lowest BCUT2D eigenvalue weighted by atomic mass is 10.1. The highest BCUT2D eigenvalue weighted by Gasteiger charge is 2.15. The van der Waals surface area contributed by atoms with Gasteiger partial charge in [0.25, 0.3) is 0 Å². The number of amides is 1. The zero-order valence-electron chi connectivity index (χ0n) is 15.0. The van der Waals surface area contributed by atoms with Crippen molar-refractivity contribution in [2.75, 3.05) is 13.1 Å². The summed E-state index contributed by atoms with van der Waals surface area (Å²) in [5.41, 5.74) is 0.374. The van der Waals surface area contributed by atoms with E-state index in [9.17, 15) is 4.79 Å². The predicted molar refractivity (Wildman–Crippen MR) is 90.1 cm³/mol. The topological polar surface area (TPSA) is 81.1 Å². The van der Waals surface area contributed by atoms with Crippen LogP contribution < -0.4 is 10.6 Å². The molecule has 0 unspecified atom stereocenters. The number of nitrogens with one attached hydrogen (secondary N) is 2. The molecule has 0 saturated heterocycles. The van der Waals surface area contributed by atoms with E-state index >= 15 is 0 Å². The molecular weight excluding hydrogens is 294 g/mol. The Morgan fingerprint density at radius 3 is 2.43 bits per heavy atom. The van der Waals surface area contributed by atoms with Crippen LogP contribution in [0.1, 0.15) is 47.2 Å². The molecule has 1 heterocycles. The molecule has 130 valence electrons. The molecule has 0 atom stereocenters. The van der Waals surface area contributed by atoms with Gasteiger partial charge in [0.1, 0.15) is 5.60 Å². The van der Waals surface area contributed by atoms with Gasteiger partial charge in [0.05, 0.1) is 17.4 Å². The van der Waals surface area contributed by atoms with Gasteiger partial charge in [-0.25, -0.2) is 9.48 Å². The summed E-state index contributed by atoms with van der Waals surface area (Å²) in [6.45, 7) is 13.5. The summed E-state index contributed by atoms with van der Waals surface area (Å²) in [7, 11) is 0. The van der Waals surface area contributed by atoms with Crippen LogP contribution in [0.3, 0.4) is 0 Å². The minimum absolute atomic E-state index is 0.0571. The molecule has 1 aromatic heterocycles. The summed E-state index contributed by atoms with van der Waals surface area (Å²) in [6.07, 6.45) is 5.36. The van der Waals surface area contributed by atoms with Crippen LogP contribution in [0.2, 0.25) is 0 Å². The van der Waals surface area contributed by atoms with Gasteiger partial charge in [0.15, 0.2) is 0 Å². The number of rotatable bonds is 6. The van der Waals surface area contributed by atoms with E-state index in [0.717, 1.165) is 5.69 Å². The third kappa shape index (κ3) is 8.35. The van der Waals surface area contributed by atoms with Crippen molar-refractivity contribution < 1.29 is 9.53 Å². The Kier molecular flexibility index (Phi) is 6.75. The molecule has 0 fully saturated rings. The monoisotopic (exact) mass is 323 g/mol. The van der Waals surface area contributed by atoms with Crippen LogP contribution in [0.5, 0.6) is 0 Å². The molecule has 0 bridgehead atoms. The molecule has 0 aromatic carbocycles. The van der Waals surface area contributed by atoms with Crippen LogP contribution in [0, 0.1) is 0 Å². The first-order chi connectivity index (χ1) is 10.6. The highest BCUT2D eigenvalue weighted by atomic mass is 16.6. The van der Waals surface area contributed by atoms with Crippen LogP contribution in [0.15, 0.2) is 18.3 Å². The van der Waals surface area contributed by atoms with Crippen LogP contribution in [0.25, 0.3) is 0 Å². The molecule has 1 amide bonds. The fourth-order valence-electron chi connectivity index (χ4n) is 1.61. The summed E-state index contributed by atoms with van der Waals surface area (Å²) in [5.74, 6) is 0. The molecule has 0 saturated carbocycles. The molecule has 7 heteroatoms. The van der Waals surface area contributed by atoms with Crippen LogP contribution >= 0.6 is 0 Å². The number of nitrogens with zero attached hydrogens (tertiary/aromatic N) is 3. The zero-order chi connectivity index (χ0) is 17.5. The second-order valence-electron chi connectivity index (χ2n) is 7.31. The van der Waals surface area contributed by atoms with Gasteiger partial charge >= 0.3 is 6.09 Å². The average Bonchev–Trinajstić information content (AvgIpc) is 2.84. The summed E-state index contributed by atoms with van der Waals surface area (Å²) in [5, 5.41) is 14.2. The SMILES string of the molecule is CC(C)(C)OC(=O)NC/C=C/CNCc1cn(C(C)(C)C)nn1. The lowest BCUT2D eigenvalue weighted by Crippen LogP contribution is -2.32. The summed E-state index contributed by atoms with van der Waals surface area (Å²) in [4.78, 5) is 11.4. The van der Waals surface area contributed by atoms with Crippen molar-refractivity contribution in [1.82, 2.24) is 25.6 Å². The second kappa shape index (κ2) is 8.10. The van der Waals surface area contributed by atoms with Gasteiger partial charge in [-0.05, 0) is 41.5 Å². The molecule has 1 rings (SSSR count). The fourth-order valence-corrected chi connectivity index (χ4v) is 1.61. The van der Waals surface area contributed by atoms with Crippen molar-refractivity contribution in [1.29, 1.82) is 0 Å². The molecule has 7 nitrogen and oxygen atoms in total. The zero-order valence-corrected chi connectivity index (χ0v) is 15.0. The van der Waals surface area contributed by atoms with E-state index in [1.54, 1.807) is 0 Å². The molecule has 0 radical (unpaired) electrons. The molecular formula is C16H29N5O2. The molecule has 1 aromatic rings. The molecule has 2 N–H and O–H groups in total. The lowest BCUT2D eigenvalue weighted by molar-refractivity contribution is 0.0534. The van der Waals surface area contributed by atoms with E-state index < -0.39 is 11.7 Å². The first-order valence-corrected chi connectivity index (χ1v) is 7.82. The first-order valence-electron chi connectivity index (χ1n) is 7.82. The van der Waals surface area contributed by atoms with Crippen molar-refractivity contribution >= 4 is 6.09 Å². The minimum atomic E-state index is -0.472. The molecule has 23 heavy (non-hydrogen) atoms. The Hall–Kier alpha value is -1.89. The van der Waals surface area contributed by atoms with Crippen molar-refractivity contribution in [2.24, 2.45) is 0 Å². The number of alkyl carbamates (subject to hydrolysis) is 1. The van der Waals surface area contributed by atoms with Crippen LogP contribution in [-0.4, -0.2) is 39.8 Å². The quantitative estimate of drug-likeness (QED) is 0.619. The predicted octanol–water partition coefficient (Wildman–Crippen LogP) is 2.20. The number of hydrogen-bond donors (Lipinski definition) is 2. The van der Waals surface area contributed by atoms with Gasteiger partial charge in [-0.1, -0.05) is 17.4 Å². The van der Waals surface area contributed by atoms with E-state index in [0.29, 0.717) is 19.6 Å². The standard InChI is InChI=1S/C16H29N5O2/c1-15(2,3)21-12-13(19-20-21)11-17-9-7-8-10-18-14(22)23-16(4,5)6/h7-8,12,17H,9-11H2,1-6H3,(H,18,22)/b8-7+. The lowest BCUT2D eigenvalue weighted by Gasteiger charge is -2.19. The van der Waals surface area contributed by atoms with Gasteiger partial charge in [-0.2, -0.15) is 0 Å². The van der Waals surface area contributed by atoms with Crippen molar-refractivity contribution in [3.8, 4) is 0 Å². The minimum Gasteiger partial charge on any atom is -0.444 e. The highest BCUT2D eigenvalue weighted by Crippen LogP contribution is 2.11. The van der Waals surface area contributed by atoms with Crippen molar-refractivity contribution in [3.05, 3.63) is 24.0 Å². The Bertz CT molecular complexity index is 523. The molecule has 0 spiro atoms. The largest absolute Gasteiger partial charge is 0.444 e. The highest BCUT2D eigenvalue weighted by molar-refractivity contribution is 5.67. The smallest absolute Gasteiger partial charge is 0.407 e.